The molecule has 0 aliphatic carbocycles. The maximum absolute atomic E-state index is 13.1. The molecule has 0 aromatic heterocycles. The molecule has 0 bridgehead atoms. The van der Waals surface area contributed by atoms with Gasteiger partial charge in [0, 0.05) is 18.0 Å². The van der Waals surface area contributed by atoms with Gasteiger partial charge in [-0.1, -0.05) is 0 Å². The van der Waals surface area contributed by atoms with E-state index in [0.717, 1.165) is 0 Å². The lowest BCUT2D eigenvalue weighted by molar-refractivity contribution is -0.143. The summed E-state index contributed by atoms with van der Waals surface area (Å²) in [6, 6.07) is 5.13. The zero-order chi connectivity index (χ0) is 28.3. The Bertz CT molecular complexity index is 1140. The van der Waals surface area contributed by atoms with Crippen molar-refractivity contribution in [2.24, 2.45) is 0 Å². The number of alkyl carbamates (subject to hydrolysis) is 1. The van der Waals surface area contributed by atoms with Gasteiger partial charge >= 0.3 is 24.5 Å². The Labute approximate surface area is 214 Å². The number of halogens is 6. The summed E-state index contributed by atoms with van der Waals surface area (Å²) >= 11 is 0. The molecule has 38 heavy (non-hydrogen) atoms. The van der Waals surface area contributed by atoms with Crippen LogP contribution in [0.2, 0.25) is 0 Å². The van der Waals surface area contributed by atoms with Gasteiger partial charge in [-0.3, -0.25) is 4.90 Å². The molecule has 1 heterocycles. The van der Waals surface area contributed by atoms with Crippen LogP contribution in [0.4, 0.5) is 41.6 Å². The lowest BCUT2D eigenvalue weighted by atomic mass is 9.92. The van der Waals surface area contributed by atoms with Crippen LogP contribution in [0.25, 0.3) is 0 Å². The highest BCUT2D eigenvalue weighted by atomic mass is 19.4. The van der Waals surface area contributed by atoms with Gasteiger partial charge in [-0.2, -0.15) is 26.3 Å². The molecule has 0 saturated carbocycles. The molecule has 2 atom stereocenters. The molecule has 0 saturated heterocycles. The molecule has 2 aromatic carbocycles. The van der Waals surface area contributed by atoms with Crippen molar-refractivity contribution in [3.63, 3.8) is 0 Å². The van der Waals surface area contributed by atoms with Crippen LogP contribution < -0.4 is 15.0 Å². The van der Waals surface area contributed by atoms with Crippen LogP contribution in [-0.4, -0.2) is 38.6 Å². The second kappa shape index (κ2) is 11.4. The van der Waals surface area contributed by atoms with Crippen LogP contribution in [0, 0.1) is 0 Å². The zero-order valence-corrected chi connectivity index (χ0v) is 20.7. The minimum absolute atomic E-state index is 0.0343. The van der Waals surface area contributed by atoms with E-state index < -0.39 is 48.3 Å². The number of fused-ring (bicyclic) bond motifs is 1. The molecule has 208 valence electrons. The largest absolute Gasteiger partial charge is 0.497 e. The van der Waals surface area contributed by atoms with Gasteiger partial charge < -0.3 is 19.5 Å². The molecular weight excluding hydrogens is 522 g/mol. The van der Waals surface area contributed by atoms with Crippen LogP contribution in [0.5, 0.6) is 5.75 Å². The van der Waals surface area contributed by atoms with Crippen LogP contribution in [0.1, 0.15) is 48.6 Å². The Hall–Kier alpha value is -3.64. The summed E-state index contributed by atoms with van der Waals surface area (Å²) in [5.74, 6) is 0.465. The lowest BCUT2D eigenvalue weighted by Crippen LogP contribution is -2.46. The molecule has 0 radical (unpaired) electrons. The van der Waals surface area contributed by atoms with Gasteiger partial charge in [0.05, 0.1) is 43.2 Å². The van der Waals surface area contributed by atoms with E-state index in [1.54, 1.807) is 32.0 Å². The summed E-state index contributed by atoms with van der Waals surface area (Å²) in [5.41, 5.74) is -2.15. The zero-order valence-electron chi connectivity index (χ0n) is 20.7. The lowest BCUT2D eigenvalue weighted by Gasteiger charge is -2.38. The van der Waals surface area contributed by atoms with Gasteiger partial charge in [-0.25, -0.2) is 9.59 Å². The molecule has 2 aromatic rings. The van der Waals surface area contributed by atoms with Crippen LogP contribution in [-0.2, 0) is 28.2 Å². The Morgan fingerprint density at radius 1 is 1.00 bits per heavy atom. The number of ether oxygens (including phenoxy) is 3. The SMILES string of the molecule is CCOC(=O)N1c2ccc(OC)cc2C(NC(=O)OCCc2cc(C(F)(F)F)cc(C(F)(F)F)c2)CC1C. The van der Waals surface area contributed by atoms with Crippen LogP contribution in [0.3, 0.4) is 0 Å². The first-order valence-corrected chi connectivity index (χ1v) is 11.6. The Balaban J connectivity index is 1.73. The van der Waals surface area contributed by atoms with E-state index in [0.29, 0.717) is 29.1 Å². The van der Waals surface area contributed by atoms with Crippen molar-refractivity contribution >= 4 is 17.9 Å². The molecule has 1 N–H and O–H groups in total. The number of carbonyl (C=O) groups is 2. The minimum atomic E-state index is -4.97. The molecule has 13 heteroatoms. The average molecular weight is 548 g/mol. The Kier molecular flexibility index (Phi) is 8.68. The van der Waals surface area contributed by atoms with Gasteiger partial charge in [0.25, 0.3) is 0 Å². The van der Waals surface area contributed by atoms with Gasteiger partial charge in [0.1, 0.15) is 5.75 Å². The van der Waals surface area contributed by atoms with Gasteiger partial charge in [0.2, 0.25) is 0 Å². The summed E-state index contributed by atoms with van der Waals surface area (Å²) in [6.07, 6.45) is -11.5. The number of amides is 2. The summed E-state index contributed by atoms with van der Waals surface area (Å²) in [7, 11) is 1.45. The monoisotopic (exact) mass is 548 g/mol. The van der Waals surface area contributed by atoms with Gasteiger partial charge in [0.15, 0.2) is 0 Å². The van der Waals surface area contributed by atoms with Crippen LogP contribution in [0.15, 0.2) is 36.4 Å². The van der Waals surface area contributed by atoms with Crippen molar-refractivity contribution in [2.45, 2.75) is 51.1 Å². The summed E-state index contributed by atoms with van der Waals surface area (Å²) in [6.45, 7) is 3.13. The number of hydrogen-bond acceptors (Lipinski definition) is 5. The van der Waals surface area contributed by atoms with E-state index in [-0.39, 0.29) is 37.1 Å². The summed E-state index contributed by atoms with van der Waals surface area (Å²) < 4.78 is 93.9. The first-order valence-electron chi connectivity index (χ1n) is 11.6. The molecule has 2 unspecified atom stereocenters. The maximum Gasteiger partial charge on any atom is 0.416 e. The second-order valence-corrected chi connectivity index (χ2v) is 8.58. The van der Waals surface area contributed by atoms with E-state index in [4.69, 9.17) is 14.2 Å². The smallest absolute Gasteiger partial charge is 0.416 e. The topological polar surface area (TPSA) is 77.1 Å². The molecule has 0 spiro atoms. The molecular formula is C25H26F6N2O5. The van der Waals surface area contributed by atoms with Crippen molar-refractivity contribution in [3.8, 4) is 5.75 Å². The third-order valence-corrected chi connectivity index (χ3v) is 5.92. The quantitative estimate of drug-likeness (QED) is 0.417. The summed E-state index contributed by atoms with van der Waals surface area (Å²) in [5, 5.41) is 2.65. The minimum Gasteiger partial charge on any atom is -0.497 e. The molecule has 7 nitrogen and oxygen atoms in total. The van der Waals surface area contributed by atoms with E-state index in [1.807, 2.05) is 0 Å². The molecule has 1 aliphatic rings. The number of carbonyl (C=O) groups excluding carboxylic acids is 2. The predicted octanol–water partition coefficient (Wildman–Crippen LogP) is 6.50. The predicted molar refractivity (Wildman–Crippen MR) is 124 cm³/mol. The Morgan fingerprint density at radius 3 is 2.18 bits per heavy atom. The third-order valence-electron chi connectivity index (χ3n) is 5.92. The van der Waals surface area contributed by atoms with E-state index in [1.165, 1.54) is 12.0 Å². The second-order valence-electron chi connectivity index (χ2n) is 8.58. The first kappa shape index (κ1) is 28.9. The number of alkyl halides is 6. The van der Waals surface area contributed by atoms with E-state index in [9.17, 15) is 35.9 Å². The standard InChI is InChI=1S/C25H26F6N2O5/c1-4-37-23(35)33-14(2)9-20(19-13-18(36-3)5-6-21(19)33)32-22(34)38-8-7-15-10-16(24(26,27)28)12-17(11-15)25(29,30)31/h5-6,10-14,20H,4,7-9H2,1-3H3,(H,32,34). The van der Waals surface area contributed by atoms with Crippen molar-refractivity contribution in [2.75, 3.05) is 25.2 Å². The highest BCUT2D eigenvalue weighted by molar-refractivity contribution is 5.90. The number of hydrogen-bond donors (Lipinski definition) is 1. The number of rotatable bonds is 6. The number of nitrogens with zero attached hydrogens (tertiary/aromatic N) is 1. The fraction of sp³-hybridized carbons (Fsp3) is 0.440. The van der Waals surface area contributed by atoms with Crippen molar-refractivity contribution in [1.29, 1.82) is 0 Å². The average Bonchev–Trinajstić information content (AvgIpc) is 2.82. The van der Waals surface area contributed by atoms with Crippen LogP contribution >= 0.6 is 0 Å². The summed E-state index contributed by atoms with van der Waals surface area (Å²) in [4.78, 5) is 26.5. The fourth-order valence-corrected chi connectivity index (χ4v) is 4.19. The number of benzene rings is 2. The van der Waals surface area contributed by atoms with Gasteiger partial charge in [-0.05, 0) is 62.2 Å². The molecule has 3 rings (SSSR count). The number of methoxy groups -OCH3 is 1. The van der Waals surface area contributed by atoms with Crippen molar-refractivity contribution < 1.29 is 50.1 Å². The number of nitrogens with one attached hydrogen (secondary N) is 1. The molecule has 2 amide bonds. The van der Waals surface area contributed by atoms with Crippen molar-refractivity contribution in [3.05, 3.63) is 58.7 Å². The Morgan fingerprint density at radius 2 is 1.63 bits per heavy atom. The number of anilines is 1. The molecule has 0 fully saturated rings. The van der Waals surface area contributed by atoms with Gasteiger partial charge in [-0.15, -0.1) is 0 Å². The van der Waals surface area contributed by atoms with E-state index in [2.05, 4.69) is 5.32 Å². The third kappa shape index (κ3) is 6.81. The normalized spacial score (nSPS) is 17.4. The van der Waals surface area contributed by atoms with E-state index >= 15 is 0 Å². The molecule has 1 aliphatic heterocycles. The highest BCUT2D eigenvalue weighted by Gasteiger charge is 2.38. The maximum atomic E-state index is 13.1. The van der Waals surface area contributed by atoms with Crippen molar-refractivity contribution in [1.82, 2.24) is 5.32 Å². The highest BCUT2D eigenvalue weighted by Crippen LogP contribution is 2.40. The first-order chi connectivity index (χ1) is 17.7. The fourth-order valence-electron chi connectivity index (χ4n) is 4.19.